The number of fused-ring (bicyclic) bond motifs is 2. The van der Waals surface area contributed by atoms with Gasteiger partial charge in [-0.05, 0) is 18.2 Å². The van der Waals surface area contributed by atoms with E-state index in [4.69, 9.17) is 0 Å². The van der Waals surface area contributed by atoms with Gasteiger partial charge in [-0.15, -0.1) is 0 Å². The van der Waals surface area contributed by atoms with Crippen LogP contribution < -0.4 is 10.9 Å². The Balaban J connectivity index is 1.62. The number of anilines is 1. The fourth-order valence-corrected chi connectivity index (χ4v) is 2.77. The quantitative estimate of drug-likeness (QED) is 0.626. The Labute approximate surface area is 142 Å². The lowest BCUT2D eigenvalue weighted by Gasteiger charge is -2.09. The molecular weight excluding hydrogens is 316 g/mol. The molecule has 1 N–H and O–H groups in total. The molecule has 6 nitrogen and oxygen atoms in total. The van der Waals surface area contributed by atoms with Gasteiger partial charge in [-0.3, -0.25) is 14.6 Å². The van der Waals surface area contributed by atoms with E-state index in [1.165, 1.54) is 0 Å². The van der Waals surface area contributed by atoms with Crippen molar-refractivity contribution in [2.45, 2.75) is 6.54 Å². The molecule has 0 aliphatic heterocycles. The first-order valence-electron chi connectivity index (χ1n) is 7.81. The van der Waals surface area contributed by atoms with Crippen molar-refractivity contribution in [3.05, 3.63) is 77.3 Å². The van der Waals surface area contributed by atoms with Crippen LogP contribution in [0.5, 0.6) is 0 Å². The number of hydrogen-bond donors (Lipinski definition) is 1. The van der Waals surface area contributed by atoms with Gasteiger partial charge in [0.1, 0.15) is 6.54 Å². The number of nitrogens with zero attached hydrogens (tertiary/aromatic N) is 3. The fourth-order valence-electron chi connectivity index (χ4n) is 2.77. The second-order valence-electron chi connectivity index (χ2n) is 5.62. The zero-order valence-electron chi connectivity index (χ0n) is 13.2. The second kappa shape index (κ2) is 6.16. The van der Waals surface area contributed by atoms with Gasteiger partial charge < -0.3 is 5.32 Å². The van der Waals surface area contributed by atoms with Crippen LogP contribution in [0.3, 0.4) is 0 Å². The number of benzene rings is 2. The largest absolute Gasteiger partial charge is 0.323 e. The fraction of sp³-hybridized carbons (Fsp3) is 0.0526. The predicted octanol–water partition coefficient (Wildman–Crippen LogP) is 2.58. The Hall–Kier alpha value is -3.54. The summed E-state index contributed by atoms with van der Waals surface area (Å²) in [6, 6.07) is 16.5. The van der Waals surface area contributed by atoms with Crippen LogP contribution in [0.1, 0.15) is 0 Å². The van der Waals surface area contributed by atoms with E-state index in [1.807, 2.05) is 36.4 Å². The van der Waals surface area contributed by atoms with Crippen LogP contribution in [0.4, 0.5) is 5.69 Å². The summed E-state index contributed by atoms with van der Waals surface area (Å²) in [6.45, 7) is -0.160. The topological polar surface area (TPSA) is 76.9 Å². The number of hydrogen-bond acceptors (Lipinski definition) is 4. The molecule has 25 heavy (non-hydrogen) atoms. The molecule has 2 heterocycles. The minimum absolute atomic E-state index is 0.160. The average Bonchev–Trinajstić information content (AvgIpc) is 2.65. The number of para-hydroxylation sites is 1. The first kappa shape index (κ1) is 15.0. The molecular formula is C19H14N4O2. The van der Waals surface area contributed by atoms with Gasteiger partial charge in [0, 0.05) is 17.0 Å². The lowest BCUT2D eigenvalue weighted by atomic mass is 10.2. The Kier molecular flexibility index (Phi) is 3.70. The number of rotatable bonds is 3. The molecule has 0 unspecified atom stereocenters. The van der Waals surface area contributed by atoms with E-state index in [2.05, 4.69) is 15.4 Å². The zero-order chi connectivity index (χ0) is 17.2. The van der Waals surface area contributed by atoms with Gasteiger partial charge in [-0.25, -0.2) is 4.68 Å². The molecule has 1 amide bonds. The van der Waals surface area contributed by atoms with E-state index in [9.17, 15) is 9.59 Å². The normalized spacial score (nSPS) is 10.9. The van der Waals surface area contributed by atoms with E-state index in [0.29, 0.717) is 16.6 Å². The maximum Gasteiger partial charge on any atom is 0.275 e. The van der Waals surface area contributed by atoms with Crippen molar-refractivity contribution in [1.29, 1.82) is 0 Å². The Morgan fingerprint density at radius 2 is 1.80 bits per heavy atom. The van der Waals surface area contributed by atoms with Crippen molar-refractivity contribution >= 4 is 33.3 Å². The Bertz CT molecular complexity index is 1150. The lowest BCUT2D eigenvalue weighted by molar-refractivity contribution is -0.117. The molecule has 0 aliphatic rings. The highest BCUT2D eigenvalue weighted by Crippen LogP contribution is 2.20. The van der Waals surface area contributed by atoms with E-state index in [0.717, 1.165) is 15.5 Å². The number of carbonyl (C=O) groups excluding carboxylic acids is 1. The third-order valence-corrected chi connectivity index (χ3v) is 3.96. The SMILES string of the molecule is O=C(Cn1ncc2ccccc2c1=O)Nc1cccc2cccnc12. The zero-order valence-corrected chi connectivity index (χ0v) is 13.2. The van der Waals surface area contributed by atoms with Crippen molar-refractivity contribution in [2.24, 2.45) is 0 Å². The van der Waals surface area contributed by atoms with Gasteiger partial charge in [0.25, 0.3) is 5.56 Å². The Morgan fingerprint density at radius 3 is 2.72 bits per heavy atom. The number of nitrogens with one attached hydrogen (secondary N) is 1. The van der Waals surface area contributed by atoms with Gasteiger partial charge in [-0.1, -0.05) is 36.4 Å². The monoisotopic (exact) mass is 330 g/mol. The number of pyridine rings is 1. The molecule has 0 atom stereocenters. The van der Waals surface area contributed by atoms with Crippen molar-refractivity contribution in [3.63, 3.8) is 0 Å². The summed E-state index contributed by atoms with van der Waals surface area (Å²) in [5, 5.41) is 9.11. The molecule has 4 rings (SSSR count). The van der Waals surface area contributed by atoms with E-state index in [1.54, 1.807) is 30.6 Å². The predicted molar refractivity (Wildman–Crippen MR) is 96.4 cm³/mol. The summed E-state index contributed by atoms with van der Waals surface area (Å²) in [5.74, 6) is -0.331. The molecule has 2 aromatic carbocycles. The van der Waals surface area contributed by atoms with Gasteiger partial charge in [0.15, 0.2) is 0 Å². The van der Waals surface area contributed by atoms with E-state index >= 15 is 0 Å². The summed E-state index contributed by atoms with van der Waals surface area (Å²) in [4.78, 5) is 29.1. The van der Waals surface area contributed by atoms with Crippen molar-refractivity contribution < 1.29 is 4.79 Å². The molecule has 2 aromatic heterocycles. The minimum atomic E-state index is -0.331. The summed E-state index contributed by atoms with van der Waals surface area (Å²) in [7, 11) is 0. The molecule has 0 aliphatic carbocycles. The smallest absolute Gasteiger partial charge is 0.275 e. The first-order valence-corrected chi connectivity index (χ1v) is 7.81. The van der Waals surface area contributed by atoms with Gasteiger partial charge >= 0.3 is 0 Å². The van der Waals surface area contributed by atoms with E-state index in [-0.39, 0.29) is 18.0 Å². The lowest BCUT2D eigenvalue weighted by Crippen LogP contribution is -2.29. The Morgan fingerprint density at radius 1 is 1.00 bits per heavy atom. The number of carbonyl (C=O) groups is 1. The number of amides is 1. The highest BCUT2D eigenvalue weighted by Gasteiger charge is 2.10. The van der Waals surface area contributed by atoms with Crippen LogP contribution >= 0.6 is 0 Å². The van der Waals surface area contributed by atoms with Crippen LogP contribution in [-0.4, -0.2) is 20.7 Å². The van der Waals surface area contributed by atoms with Crippen LogP contribution in [0.25, 0.3) is 21.7 Å². The maximum absolute atomic E-state index is 12.4. The first-order chi connectivity index (χ1) is 12.2. The maximum atomic E-state index is 12.4. The highest BCUT2D eigenvalue weighted by atomic mass is 16.2. The van der Waals surface area contributed by atoms with Crippen LogP contribution in [-0.2, 0) is 11.3 Å². The molecule has 0 fully saturated rings. The molecule has 0 spiro atoms. The van der Waals surface area contributed by atoms with Crippen molar-refractivity contribution in [1.82, 2.24) is 14.8 Å². The average molecular weight is 330 g/mol. The van der Waals surface area contributed by atoms with Crippen molar-refractivity contribution in [2.75, 3.05) is 5.32 Å². The summed E-state index contributed by atoms with van der Waals surface area (Å²) in [6.07, 6.45) is 3.26. The molecule has 0 radical (unpaired) electrons. The molecule has 0 saturated carbocycles. The van der Waals surface area contributed by atoms with Crippen LogP contribution in [0, 0.1) is 0 Å². The van der Waals surface area contributed by atoms with Gasteiger partial charge in [0.05, 0.1) is 22.8 Å². The molecule has 4 aromatic rings. The summed E-state index contributed by atoms with van der Waals surface area (Å²) < 4.78 is 1.16. The summed E-state index contributed by atoms with van der Waals surface area (Å²) in [5.41, 5.74) is 1.03. The molecule has 122 valence electrons. The summed E-state index contributed by atoms with van der Waals surface area (Å²) >= 11 is 0. The van der Waals surface area contributed by atoms with Crippen LogP contribution in [0.2, 0.25) is 0 Å². The minimum Gasteiger partial charge on any atom is -0.323 e. The molecule has 6 heteroatoms. The van der Waals surface area contributed by atoms with Gasteiger partial charge in [0.2, 0.25) is 5.91 Å². The van der Waals surface area contributed by atoms with E-state index < -0.39 is 0 Å². The number of aromatic nitrogens is 3. The van der Waals surface area contributed by atoms with Gasteiger partial charge in [-0.2, -0.15) is 5.10 Å². The molecule has 0 saturated heterocycles. The third kappa shape index (κ3) is 2.85. The second-order valence-corrected chi connectivity index (χ2v) is 5.62. The van der Waals surface area contributed by atoms with Crippen molar-refractivity contribution in [3.8, 4) is 0 Å². The highest BCUT2D eigenvalue weighted by molar-refractivity contribution is 6.00. The molecule has 0 bridgehead atoms. The standard InChI is InChI=1S/C19H14N4O2/c24-17(22-16-9-3-6-13-7-4-10-20-18(13)16)12-23-19(25)15-8-2-1-5-14(15)11-21-23/h1-11H,12H2,(H,22,24). The third-order valence-electron chi connectivity index (χ3n) is 3.96. The van der Waals surface area contributed by atoms with Crippen LogP contribution in [0.15, 0.2) is 71.8 Å².